The average Bonchev–Trinajstić information content (AvgIpc) is 2.84. The molecule has 1 N–H and O–H groups in total. The largest absolute Gasteiger partial charge is 0.384 e. The van der Waals surface area contributed by atoms with Crippen LogP contribution in [0, 0.1) is 6.92 Å². The second kappa shape index (κ2) is 7.38. The summed E-state index contributed by atoms with van der Waals surface area (Å²) < 4.78 is 5.00. The van der Waals surface area contributed by atoms with Crippen molar-refractivity contribution in [3.8, 4) is 0 Å². The molecule has 6 heteroatoms. The summed E-state index contributed by atoms with van der Waals surface area (Å²) in [5.74, 6) is 0.648. The van der Waals surface area contributed by atoms with Gasteiger partial charge in [-0.3, -0.25) is 9.59 Å². The van der Waals surface area contributed by atoms with Gasteiger partial charge in [0.2, 0.25) is 5.91 Å². The molecular weight excluding hydrogens is 306 g/mol. The molecule has 2 aromatic rings. The molecule has 0 unspecified atom stereocenters. The minimum absolute atomic E-state index is 0.116. The van der Waals surface area contributed by atoms with Gasteiger partial charge in [0.25, 0.3) is 5.56 Å². The van der Waals surface area contributed by atoms with Crippen LogP contribution in [0.5, 0.6) is 0 Å². The van der Waals surface area contributed by atoms with Crippen LogP contribution >= 0.6 is 0 Å². The highest BCUT2D eigenvalue weighted by atomic mass is 16.5. The van der Waals surface area contributed by atoms with E-state index in [0.29, 0.717) is 18.6 Å². The Morgan fingerprint density at radius 1 is 1.21 bits per heavy atom. The van der Waals surface area contributed by atoms with Crippen molar-refractivity contribution in [3.05, 3.63) is 52.0 Å². The van der Waals surface area contributed by atoms with Gasteiger partial charge in [0.15, 0.2) is 0 Å². The molecule has 0 saturated carbocycles. The van der Waals surface area contributed by atoms with Gasteiger partial charge in [0.1, 0.15) is 5.76 Å². The number of H-pyrrole nitrogens is 1. The van der Waals surface area contributed by atoms with Crippen molar-refractivity contribution < 1.29 is 9.32 Å². The topological polar surface area (TPSA) is 69.6 Å². The number of rotatable bonds is 4. The smallest absolute Gasteiger partial charge is 0.280 e. The first-order chi connectivity index (χ1) is 11.6. The Morgan fingerprint density at radius 3 is 2.79 bits per heavy atom. The summed E-state index contributed by atoms with van der Waals surface area (Å²) in [4.78, 5) is 27.7. The van der Waals surface area contributed by atoms with Gasteiger partial charge in [-0.1, -0.05) is 18.2 Å². The number of carbonyl (C=O) groups is 1. The number of anilines is 1. The van der Waals surface area contributed by atoms with Gasteiger partial charge in [0, 0.05) is 50.8 Å². The Kier molecular flexibility index (Phi) is 5.03. The molecule has 1 aliphatic rings. The average molecular weight is 329 g/mol. The third kappa shape index (κ3) is 3.88. The van der Waals surface area contributed by atoms with E-state index in [1.165, 1.54) is 17.3 Å². The van der Waals surface area contributed by atoms with E-state index in [1.807, 2.05) is 11.0 Å². The standard InChI is InChI=1S/C18H23N3O3/c1-14-5-2-3-6-16(14)20-9-4-10-21(12-11-20)18(23)8-7-15-13-17(22)19-24-15/h2-3,5-6,13H,4,7-12H2,1H3,(H,19,22). The molecule has 3 rings (SSSR count). The van der Waals surface area contributed by atoms with E-state index in [9.17, 15) is 9.59 Å². The fourth-order valence-electron chi connectivity index (χ4n) is 3.16. The summed E-state index contributed by atoms with van der Waals surface area (Å²) in [6.45, 7) is 5.42. The normalized spacial score (nSPS) is 15.4. The summed E-state index contributed by atoms with van der Waals surface area (Å²) >= 11 is 0. The predicted octanol–water partition coefficient (Wildman–Crippen LogP) is 1.95. The lowest BCUT2D eigenvalue weighted by atomic mass is 10.2. The Labute approximate surface area is 141 Å². The highest BCUT2D eigenvalue weighted by Crippen LogP contribution is 2.21. The molecule has 0 radical (unpaired) electrons. The molecule has 0 aliphatic carbocycles. The number of nitrogens with one attached hydrogen (secondary N) is 1. The first-order valence-corrected chi connectivity index (χ1v) is 8.39. The molecule has 1 saturated heterocycles. The Hall–Kier alpha value is -2.50. The van der Waals surface area contributed by atoms with Crippen LogP contribution in [0.25, 0.3) is 0 Å². The molecule has 1 amide bonds. The van der Waals surface area contributed by atoms with E-state index < -0.39 is 0 Å². The summed E-state index contributed by atoms with van der Waals surface area (Å²) in [5, 5.41) is 2.25. The van der Waals surface area contributed by atoms with Gasteiger partial charge >= 0.3 is 0 Å². The quantitative estimate of drug-likeness (QED) is 0.931. The highest BCUT2D eigenvalue weighted by molar-refractivity contribution is 5.76. The Bertz CT molecular complexity index is 750. The first-order valence-electron chi connectivity index (χ1n) is 8.39. The molecule has 0 atom stereocenters. The van der Waals surface area contributed by atoms with Crippen LogP contribution in [-0.2, 0) is 11.2 Å². The molecule has 1 aromatic heterocycles. The second-order valence-electron chi connectivity index (χ2n) is 6.19. The number of hydrogen-bond acceptors (Lipinski definition) is 4. The highest BCUT2D eigenvalue weighted by Gasteiger charge is 2.20. The van der Waals surface area contributed by atoms with E-state index in [1.54, 1.807) is 0 Å². The summed E-state index contributed by atoms with van der Waals surface area (Å²) in [5.41, 5.74) is 2.25. The summed E-state index contributed by atoms with van der Waals surface area (Å²) in [7, 11) is 0. The first kappa shape index (κ1) is 16.4. The fourth-order valence-corrected chi connectivity index (χ4v) is 3.16. The van der Waals surface area contributed by atoms with Gasteiger partial charge in [-0.25, -0.2) is 0 Å². The lowest BCUT2D eigenvalue weighted by molar-refractivity contribution is -0.131. The number of hydrogen-bond donors (Lipinski definition) is 1. The van der Waals surface area contributed by atoms with Crippen molar-refractivity contribution in [1.29, 1.82) is 0 Å². The SMILES string of the molecule is Cc1ccccc1N1CCCN(C(=O)CCc2cc(=O)[nH]o2)CC1. The van der Waals surface area contributed by atoms with Gasteiger partial charge in [-0.15, -0.1) is 0 Å². The van der Waals surface area contributed by atoms with Crippen molar-refractivity contribution in [1.82, 2.24) is 10.1 Å². The number of benzene rings is 1. The van der Waals surface area contributed by atoms with E-state index in [2.05, 4.69) is 35.2 Å². The Balaban J connectivity index is 1.56. The van der Waals surface area contributed by atoms with Crippen LogP contribution < -0.4 is 10.5 Å². The van der Waals surface area contributed by atoms with Crippen molar-refractivity contribution in [2.45, 2.75) is 26.2 Å². The monoisotopic (exact) mass is 329 g/mol. The molecule has 1 fully saturated rings. The zero-order valence-corrected chi connectivity index (χ0v) is 14.0. The maximum atomic E-state index is 12.4. The van der Waals surface area contributed by atoms with Gasteiger partial charge < -0.3 is 14.3 Å². The zero-order valence-electron chi connectivity index (χ0n) is 14.0. The van der Waals surface area contributed by atoms with Crippen LogP contribution in [0.2, 0.25) is 0 Å². The third-order valence-electron chi connectivity index (χ3n) is 4.46. The number of carbonyl (C=O) groups excluding carboxylic acids is 1. The van der Waals surface area contributed by atoms with Gasteiger partial charge in [0.05, 0.1) is 0 Å². The zero-order chi connectivity index (χ0) is 16.9. The molecule has 0 spiro atoms. The minimum Gasteiger partial charge on any atom is -0.384 e. The van der Waals surface area contributed by atoms with Crippen molar-refractivity contribution in [2.24, 2.45) is 0 Å². The summed E-state index contributed by atoms with van der Waals surface area (Å²) in [6, 6.07) is 9.76. The molecule has 128 valence electrons. The van der Waals surface area contributed by atoms with Crippen molar-refractivity contribution in [3.63, 3.8) is 0 Å². The lowest BCUT2D eigenvalue weighted by Gasteiger charge is -2.25. The molecular formula is C18H23N3O3. The maximum Gasteiger partial charge on any atom is 0.280 e. The molecule has 0 bridgehead atoms. The number of aromatic amines is 1. The van der Waals surface area contributed by atoms with Crippen molar-refractivity contribution in [2.75, 3.05) is 31.1 Å². The number of nitrogens with zero attached hydrogens (tertiary/aromatic N) is 2. The van der Waals surface area contributed by atoms with Crippen LogP contribution in [0.3, 0.4) is 0 Å². The molecule has 1 aromatic carbocycles. The third-order valence-corrected chi connectivity index (χ3v) is 4.46. The predicted molar refractivity (Wildman–Crippen MR) is 92.2 cm³/mol. The minimum atomic E-state index is -0.263. The van der Waals surface area contributed by atoms with E-state index in [4.69, 9.17) is 4.52 Å². The second-order valence-corrected chi connectivity index (χ2v) is 6.19. The number of aryl methyl sites for hydroxylation is 2. The van der Waals surface area contributed by atoms with E-state index in [-0.39, 0.29) is 11.5 Å². The van der Waals surface area contributed by atoms with Crippen LogP contribution in [0.4, 0.5) is 5.69 Å². The maximum absolute atomic E-state index is 12.4. The van der Waals surface area contributed by atoms with Crippen LogP contribution in [-0.4, -0.2) is 42.1 Å². The fraction of sp³-hybridized carbons (Fsp3) is 0.444. The van der Waals surface area contributed by atoms with Gasteiger partial charge in [-0.2, -0.15) is 5.16 Å². The Morgan fingerprint density at radius 2 is 2.04 bits per heavy atom. The number of amides is 1. The van der Waals surface area contributed by atoms with Gasteiger partial charge in [-0.05, 0) is 25.0 Å². The van der Waals surface area contributed by atoms with Crippen LogP contribution in [0.1, 0.15) is 24.2 Å². The summed E-state index contributed by atoms with van der Waals surface area (Å²) in [6.07, 6.45) is 1.78. The van der Waals surface area contributed by atoms with Crippen molar-refractivity contribution >= 4 is 11.6 Å². The molecule has 24 heavy (non-hydrogen) atoms. The lowest BCUT2D eigenvalue weighted by Crippen LogP contribution is -2.35. The number of para-hydroxylation sites is 1. The molecule has 2 heterocycles. The molecule has 6 nitrogen and oxygen atoms in total. The number of aromatic nitrogens is 1. The van der Waals surface area contributed by atoms with E-state index >= 15 is 0 Å². The molecule has 1 aliphatic heterocycles. The van der Waals surface area contributed by atoms with Crippen LogP contribution in [0.15, 0.2) is 39.6 Å². The van der Waals surface area contributed by atoms with E-state index in [0.717, 1.165) is 32.6 Å².